The number of hydrogen-bond donors (Lipinski definition) is 1. The van der Waals surface area contributed by atoms with Crippen LogP contribution in [0.3, 0.4) is 0 Å². The molecule has 0 spiro atoms. The molecule has 0 radical (unpaired) electrons. The topological polar surface area (TPSA) is 37.3 Å². The summed E-state index contributed by atoms with van der Waals surface area (Å²) in [6.07, 6.45) is 8.17. The van der Waals surface area contributed by atoms with Gasteiger partial charge in [-0.1, -0.05) is 49.9 Å². The Labute approximate surface area is 114 Å². The molecule has 2 saturated carbocycles. The van der Waals surface area contributed by atoms with E-state index in [1.165, 1.54) is 24.8 Å². The second kappa shape index (κ2) is 5.09. The van der Waals surface area contributed by atoms with Gasteiger partial charge in [0.25, 0.3) is 0 Å². The van der Waals surface area contributed by atoms with E-state index in [1.54, 1.807) is 0 Å². The minimum Gasteiger partial charge on any atom is -0.382 e. The number of rotatable bonds is 3. The van der Waals surface area contributed by atoms with Crippen LogP contribution in [0, 0.1) is 0 Å². The van der Waals surface area contributed by atoms with Gasteiger partial charge in [-0.3, -0.25) is 4.79 Å². The Morgan fingerprint density at radius 3 is 2.16 bits per heavy atom. The fraction of sp³-hybridized carbons (Fsp3) is 0.588. The second-order valence-electron chi connectivity index (χ2n) is 6.17. The summed E-state index contributed by atoms with van der Waals surface area (Å²) < 4.78 is 0. The van der Waals surface area contributed by atoms with E-state index >= 15 is 0 Å². The van der Waals surface area contributed by atoms with Crippen LogP contribution in [0.5, 0.6) is 0 Å². The predicted molar refractivity (Wildman–Crippen MR) is 75.4 cm³/mol. The van der Waals surface area contributed by atoms with Gasteiger partial charge in [0.05, 0.1) is 0 Å². The van der Waals surface area contributed by atoms with Gasteiger partial charge in [0.2, 0.25) is 0 Å². The average molecular weight is 258 g/mol. The molecule has 0 bridgehead atoms. The molecule has 0 saturated heterocycles. The molecule has 19 heavy (non-hydrogen) atoms. The van der Waals surface area contributed by atoms with Gasteiger partial charge in [0.1, 0.15) is 5.60 Å². The van der Waals surface area contributed by atoms with Crippen molar-refractivity contribution in [2.45, 2.75) is 62.9 Å². The summed E-state index contributed by atoms with van der Waals surface area (Å²) in [7, 11) is 0. The quantitative estimate of drug-likeness (QED) is 0.837. The standard InChI is InChI=1S/C17H22O2/c18-16(17(19)11-2-1-3-12-17)15-9-7-14(8-10-15)13-5-4-6-13/h7-10,13,19H,1-6,11-12H2. The summed E-state index contributed by atoms with van der Waals surface area (Å²) >= 11 is 0. The van der Waals surface area contributed by atoms with Crippen LogP contribution < -0.4 is 0 Å². The zero-order valence-electron chi connectivity index (χ0n) is 11.4. The van der Waals surface area contributed by atoms with Crippen molar-refractivity contribution in [3.05, 3.63) is 35.4 Å². The number of hydrogen-bond acceptors (Lipinski definition) is 2. The maximum atomic E-state index is 12.4. The van der Waals surface area contributed by atoms with Crippen LogP contribution >= 0.6 is 0 Å². The molecule has 2 aliphatic carbocycles. The zero-order valence-corrected chi connectivity index (χ0v) is 11.4. The Hall–Kier alpha value is -1.15. The van der Waals surface area contributed by atoms with Crippen LogP contribution in [0.4, 0.5) is 0 Å². The summed E-state index contributed by atoms with van der Waals surface area (Å²) in [5.74, 6) is 0.620. The third-order valence-corrected chi connectivity index (χ3v) is 4.85. The minimum atomic E-state index is -1.10. The molecule has 0 aliphatic heterocycles. The summed E-state index contributed by atoms with van der Waals surface area (Å²) in [5, 5.41) is 10.5. The maximum Gasteiger partial charge on any atom is 0.194 e. The Bertz CT molecular complexity index is 451. The van der Waals surface area contributed by atoms with E-state index < -0.39 is 5.60 Å². The molecule has 1 aromatic rings. The molecule has 2 heteroatoms. The van der Waals surface area contributed by atoms with Crippen LogP contribution in [0.2, 0.25) is 0 Å². The fourth-order valence-corrected chi connectivity index (χ4v) is 3.28. The minimum absolute atomic E-state index is 0.0765. The molecular weight excluding hydrogens is 236 g/mol. The van der Waals surface area contributed by atoms with Crippen LogP contribution in [-0.4, -0.2) is 16.5 Å². The number of carbonyl (C=O) groups is 1. The summed E-state index contributed by atoms with van der Waals surface area (Å²) in [6, 6.07) is 7.96. The van der Waals surface area contributed by atoms with E-state index in [1.807, 2.05) is 12.1 Å². The van der Waals surface area contributed by atoms with E-state index in [4.69, 9.17) is 0 Å². The van der Waals surface area contributed by atoms with Crippen LogP contribution in [0.1, 0.15) is 73.2 Å². The largest absolute Gasteiger partial charge is 0.382 e. The zero-order chi connectivity index (χ0) is 13.3. The van der Waals surface area contributed by atoms with E-state index in [9.17, 15) is 9.90 Å². The maximum absolute atomic E-state index is 12.4. The van der Waals surface area contributed by atoms with Gasteiger partial charge in [0.15, 0.2) is 5.78 Å². The summed E-state index contributed by atoms with van der Waals surface area (Å²) in [5.41, 5.74) is 0.918. The Balaban J connectivity index is 1.75. The third kappa shape index (κ3) is 2.46. The third-order valence-electron chi connectivity index (χ3n) is 4.85. The van der Waals surface area contributed by atoms with Crippen molar-refractivity contribution in [2.75, 3.05) is 0 Å². The van der Waals surface area contributed by atoms with Crippen molar-refractivity contribution >= 4 is 5.78 Å². The SMILES string of the molecule is O=C(c1ccc(C2CCC2)cc1)C1(O)CCCCC1. The summed E-state index contributed by atoms with van der Waals surface area (Å²) in [4.78, 5) is 12.4. The molecule has 2 fully saturated rings. The van der Waals surface area contributed by atoms with Crippen LogP contribution in [0.25, 0.3) is 0 Å². The van der Waals surface area contributed by atoms with Gasteiger partial charge in [-0.2, -0.15) is 0 Å². The van der Waals surface area contributed by atoms with Crippen molar-refractivity contribution in [1.82, 2.24) is 0 Å². The molecule has 3 rings (SSSR count). The van der Waals surface area contributed by atoms with Crippen molar-refractivity contribution in [3.63, 3.8) is 0 Å². The van der Waals surface area contributed by atoms with Gasteiger partial charge in [-0.05, 0) is 37.2 Å². The number of carbonyl (C=O) groups excluding carboxylic acids is 1. The van der Waals surface area contributed by atoms with E-state index in [-0.39, 0.29) is 5.78 Å². The average Bonchev–Trinajstić information content (AvgIpc) is 2.38. The van der Waals surface area contributed by atoms with Crippen molar-refractivity contribution in [3.8, 4) is 0 Å². The number of Topliss-reactive ketones (excluding diaryl/α,β-unsaturated/α-hetero) is 1. The summed E-state index contributed by atoms with van der Waals surface area (Å²) in [6.45, 7) is 0. The molecule has 2 aliphatic rings. The molecule has 102 valence electrons. The van der Waals surface area contributed by atoms with Gasteiger partial charge in [-0.25, -0.2) is 0 Å². The lowest BCUT2D eigenvalue weighted by Gasteiger charge is -2.31. The number of ketones is 1. The molecule has 2 nitrogen and oxygen atoms in total. The van der Waals surface area contributed by atoms with Crippen LogP contribution in [-0.2, 0) is 0 Å². The first-order chi connectivity index (χ1) is 9.19. The molecule has 0 amide bonds. The smallest absolute Gasteiger partial charge is 0.194 e. The molecule has 0 atom stereocenters. The first-order valence-corrected chi connectivity index (χ1v) is 7.56. The molecule has 0 unspecified atom stereocenters. The van der Waals surface area contributed by atoms with E-state index in [2.05, 4.69) is 12.1 Å². The Kier molecular flexibility index (Phi) is 3.44. The Morgan fingerprint density at radius 2 is 1.63 bits per heavy atom. The lowest BCUT2D eigenvalue weighted by molar-refractivity contribution is 0.0116. The highest BCUT2D eigenvalue weighted by Crippen LogP contribution is 2.37. The first-order valence-electron chi connectivity index (χ1n) is 7.56. The van der Waals surface area contributed by atoms with E-state index in [0.29, 0.717) is 24.3 Å². The molecule has 0 aromatic heterocycles. The van der Waals surface area contributed by atoms with Gasteiger partial charge < -0.3 is 5.11 Å². The van der Waals surface area contributed by atoms with Gasteiger partial charge in [0, 0.05) is 5.56 Å². The molecular formula is C17H22O2. The fourth-order valence-electron chi connectivity index (χ4n) is 3.28. The number of aliphatic hydroxyl groups is 1. The molecule has 1 N–H and O–H groups in total. The lowest BCUT2D eigenvalue weighted by atomic mass is 9.78. The number of benzene rings is 1. The second-order valence-corrected chi connectivity index (χ2v) is 6.17. The highest BCUT2D eigenvalue weighted by molar-refractivity contribution is 6.02. The molecule has 1 aromatic carbocycles. The highest BCUT2D eigenvalue weighted by atomic mass is 16.3. The van der Waals surface area contributed by atoms with Crippen molar-refractivity contribution < 1.29 is 9.90 Å². The van der Waals surface area contributed by atoms with Crippen molar-refractivity contribution in [2.24, 2.45) is 0 Å². The van der Waals surface area contributed by atoms with Crippen LogP contribution in [0.15, 0.2) is 24.3 Å². The molecule has 0 heterocycles. The van der Waals surface area contributed by atoms with Gasteiger partial charge >= 0.3 is 0 Å². The highest BCUT2D eigenvalue weighted by Gasteiger charge is 2.37. The first kappa shape index (κ1) is 12.9. The Morgan fingerprint density at radius 1 is 1.00 bits per heavy atom. The normalized spacial score (nSPS) is 22.8. The van der Waals surface area contributed by atoms with Crippen molar-refractivity contribution in [1.29, 1.82) is 0 Å². The monoisotopic (exact) mass is 258 g/mol. The predicted octanol–water partition coefficient (Wildman–Crippen LogP) is 3.83. The van der Waals surface area contributed by atoms with E-state index in [0.717, 1.165) is 19.3 Å². The lowest BCUT2D eigenvalue weighted by Crippen LogP contribution is -2.40. The van der Waals surface area contributed by atoms with Gasteiger partial charge in [-0.15, -0.1) is 0 Å².